The fourth-order valence-corrected chi connectivity index (χ4v) is 2.06. The number of carbonyl (C=O) groups is 1. The van der Waals surface area contributed by atoms with E-state index in [2.05, 4.69) is 26.2 Å². The standard InChI is InChI=1S/C12H12BrN3O/c1-8-3-4-14-11(5-8)15-12(17)10-6-9(13)7-16(10)2/h3-7H,1-2H3,(H,14,15,17). The maximum Gasteiger partial charge on any atom is 0.273 e. The molecule has 0 aliphatic heterocycles. The van der Waals surface area contributed by atoms with E-state index in [1.807, 2.05) is 32.3 Å². The molecule has 0 bridgehead atoms. The molecule has 0 unspecified atom stereocenters. The molecule has 4 nitrogen and oxygen atoms in total. The number of nitrogens with one attached hydrogen (secondary N) is 1. The highest BCUT2D eigenvalue weighted by atomic mass is 79.9. The van der Waals surface area contributed by atoms with Gasteiger partial charge in [-0.25, -0.2) is 4.98 Å². The lowest BCUT2D eigenvalue weighted by Gasteiger charge is -2.05. The van der Waals surface area contributed by atoms with E-state index in [9.17, 15) is 4.79 Å². The SMILES string of the molecule is Cc1ccnc(NC(=O)c2cc(Br)cn2C)c1. The zero-order valence-electron chi connectivity index (χ0n) is 9.57. The molecule has 2 rings (SSSR count). The van der Waals surface area contributed by atoms with E-state index < -0.39 is 0 Å². The van der Waals surface area contributed by atoms with Crippen LogP contribution in [0, 0.1) is 6.92 Å². The summed E-state index contributed by atoms with van der Waals surface area (Å²) >= 11 is 3.33. The maximum absolute atomic E-state index is 12.0. The first kappa shape index (κ1) is 11.9. The second-order valence-corrected chi connectivity index (χ2v) is 4.74. The van der Waals surface area contributed by atoms with E-state index in [4.69, 9.17) is 0 Å². The van der Waals surface area contributed by atoms with E-state index in [1.54, 1.807) is 16.8 Å². The van der Waals surface area contributed by atoms with E-state index >= 15 is 0 Å². The van der Waals surface area contributed by atoms with Crippen LogP contribution in [0.5, 0.6) is 0 Å². The van der Waals surface area contributed by atoms with Gasteiger partial charge in [0.2, 0.25) is 0 Å². The molecule has 0 saturated carbocycles. The highest BCUT2D eigenvalue weighted by Crippen LogP contribution is 2.15. The van der Waals surface area contributed by atoms with Gasteiger partial charge in [-0.15, -0.1) is 0 Å². The average Bonchev–Trinajstić information content (AvgIpc) is 2.58. The van der Waals surface area contributed by atoms with Crippen LogP contribution in [0.15, 0.2) is 35.1 Å². The Hall–Kier alpha value is -1.62. The molecule has 0 fully saturated rings. The molecule has 2 heterocycles. The molecule has 2 aromatic heterocycles. The maximum atomic E-state index is 12.0. The van der Waals surface area contributed by atoms with Crippen LogP contribution in [0.3, 0.4) is 0 Å². The third-order valence-electron chi connectivity index (χ3n) is 2.36. The Morgan fingerprint density at radius 2 is 2.24 bits per heavy atom. The van der Waals surface area contributed by atoms with Crippen LogP contribution in [0.1, 0.15) is 16.1 Å². The summed E-state index contributed by atoms with van der Waals surface area (Å²) in [6.45, 7) is 1.95. The van der Waals surface area contributed by atoms with Crippen LogP contribution >= 0.6 is 15.9 Å². The number of carbonyl (C=O) groups excluding carboxylic acids is 1. The third-order valence-corrected chi connectivity index (χ3v) is 2.79. The van der Waals surface area contributed by atoms with E-state index in [0.29, 0.717) is 11.5 Å². The van der Waals surface area contributed by atoms with Gasteiger partial charge in [-0.05, 0) is 46.6 Å². The summed E-state index contributed by atoms with van der Waals surface area (Å²) in [7, 11) is 1.82. The lowest BCUT2D eigenvalue weighted by Crippen LogP contribution is -2.16. The first-order chi connectivity index (χ1) is 8.06. The summed E-state index contributed by atoms with van der Waals surface area (Å²) in [5, 5.41) is 2.76. The number of pyridine rings is 1. The summed E-state index contributed by atoms with van der Waals surface area (Å²) < 4.78 is 2.64. The number of aryl methyl sites for hydroxylation is 2. The van der Waals surface area contributed by atoms with Crippen molar-refractivity contribution in [3.8, 4) is 0 Å². The van der Waals surface area contributed by atoms with E-state index in [0.717, 1.165) is 10.0 Å². The number of halogens is 1. The summed E-state index contributed by atoms with van der Waals surface area (Å²) in [6.07, 6.45) is 3.50. The van der Waals surface area contributed by atoms with Crippen molar-refractivity contribution >= 4 is 27.7 Å². The molecule has 0 spiro atoms. The summed E-state index contributed by atoms with van der Waals surface area (Å²) in [5.74, 6) is 0.392. The smallest absolute Gasteiger partial charge is 0.273 e. The van der Waals surface area contributed by atoms with Crippen LogP contribution in [-0.4, -0.2) is 15.5 Å². The zero-order chi connectivity index (χ0) is 12.4. The second kappa shape index (κ2) is 4.71. The molecule has 0 atom stereocenters. The third kappa shape index (κ3) is 2.74. The minimum atomic E-state index is -0.170. The van der Waals surface area contributed by atoms with Gasteiger partial charge in [0.05, 0.1) is 0 Å². The Morgan fingerprint density at radius 3 is 2.82 bits per heavy atom. The summed E-state index contributed by atoms with van der Waals surface area (Å²) in [6, 6.07) is 5.48. The predicted octanol–water partition coefficient (Wildman–Crippen LogP) is 2.74. The Balaban J connectivity index is 2.20. The number of rotatable bonds is 2. The summed E-state index contributed by atoms with van der Waals surface area (Å²) in [5.41, 5.74) is 1.64. The monoisotopic (exact) mass is 293 g/mol. The van der Waals surface area contributed by atoms with Crippen molar-refractivity contribution in [1.82, 2.24) is 9.55 Å². The number of anilines is 1. The molecule has 88 valence electrons. The number of aromatic nitrogens is 2. The van der Waals surface area contributed by atoms with Crippen molar-refractivity contribution in [1.29, 1.82) is 0 Å². The van der Waals surface area contributed by atoms with Crippen molar-refractivity contribution in [2.45, 2.75) is 6.92 Å². The van der Waals surface area contributed by atoms with Crippen LogP contribution in [0.4, 0.5) is 5.82 Å². The topological polar surface area (TPSA) is 46.9 Å². The number of amides is 1. The lowest BCUT2D eigenvalue weighted by atomic mass is 10.3. The van der Waals surface area contributed by atoms with Gasteiger partial charge in [0.1, 0.15) is 11.5 Å². The first-order valence-corrected chi connectivity index (χ1v) is 5.91. The quantitative estimate of drug-likeness (QED) is 0.925. The molecule has 1 amide bonds. The Kier molecular flexibility index (Phi) is 3.28. The molecule has 1 N–H and O–H groups in total. The average molecular weight is 294 g/mol. The Labute approximate surface area is 108 Å². The van der Waals surface area contributed by atoms with Gasteiger partial charge in [-0.1, -0.05) is 0 Å². The highest BCUT2D eigenvalue weighted by Gasteiger charge is 2.11. The molecule has 5 heteroatoms. The molecule has 0 saturated heterocycles. The van der Waals surface area contributed by atoms with Gasteiger partial charge in [0.25, 0.3) is 5.91 Å². The molecule has 0 aromatic carbocycles. The first-order valence-electron chi connectivity index (χ1n) is 5.12. The molecule has 2 aromatic rings. The Morgan fingerprint density at radius 1 is 1.47 bits per heavy atom. The van der Waals surface area contributed by atoms with Gasteiger partial charge < -0.3 is 9.88 Å². The van der Waals surface area contributed by atoms with Gasteiger partial charge in [0.15, 0.2) is 0 Å². The van der Waals surface area contributed by atoms with Crippen molar-refractivity contribution in [3.05, 3.63) is 46.3 Å². The number of hydrogen-bond acceptors (Lipinski definition) is 2. The zero-order valence-corrected chi connectivity index (χ0v) is 11.2. The molecular formula is C12H12BrN3O. The predicted molar refractivity (Wildman–Crippen MR) is 70.0 cm³/mol. The fourth-order valence-electron chi connectivity index (χ4n) is 1.53. The van der Waals surface area contributed by atoms with Crippen LogP contribution in [0.25, 0.3) is 0 Å². The fraction of sp³-hybridized carbons (Fsp3) is 0.167. The number of hydrogen-bond donors (Lipinski definition) is 1. The molecule has 0 aliphatic rings. The van der Waals surface area contributed by atoms with Crippen molar-refractivity contribution in [3.63, 3.8) is 0 Å². The molecule has 0 aliphatic carbocycles. The van der Waals surface area contributed by atoms with Gasteiger partial charge in [-0.2, -0.15) is 0 Å². The highest BCUT2D eigenvalue weighted by molar-refractivity contribution is 9.10. The van der Waals surface area contributed by atoms with Crippen LogP contribution in [-0.2, 0) is 7.05 Å². The minimum absolute atomic E-state index is 0.170. The van der Waals surface area contributed by atoms with E-state index in [-0.39, 0.29) is 5.91 Å². The van der Waals surface area contributed by atoms with Crippen LogP contribution in [0.2, 0.25) is 0 Å². The van der Waals surface area contributed by atoms with Gasteiger partial charge >= 0.3 is 0 Å². The molecular weight excluding hydrogens is 282 g/mol. The minimum Gasteiger partial charge on any atom is -0.345 e. The van der Waals surface area contributed by atoms with Crippen molar-refractivity contribution < 1.29 is 4.79 Å². The van der Waals surface area contributed by atoms with Crippen molar-refractivity contribution in [2.24, 2.45) is 7.05 Å². The Bertz CT molecular complexity index is 563. The lowest BCUT2D eigenvalue weighted by molar-refractivity contribution is 0.101. The van der Waals surface area contributed by atoms with Gasteiger partial charge in [-0.3, -0.25) is 4.79 Å². The van der Waals surface area contributed by atoms with Crippen molar-refractivity contribution in [2.75, 3.05) is 5.32 Å². The largest absolute Gasteiger partial charge is 0.345 e. The molecule has 17 heavy (non-hydrogen) atoms. The normalized spacial score (nSPS) is 10.3. The van der Waals surface area contributed by atoms with Gasteiger partial charge in [0, 0.05) is 23.9 Å². The second-order valence-electron chi connectivity index (χ2n) is 3.83. The van der Waals surface area contributed by atoms with E-state index in [1.165, 1.54) is 0 Å². The molecule has 0 radical (unpaired) electrons. The van der Waals surface area contributed by atoms with Crippen LogP contribution < -0.4 is 5.32 Å². The summed E-state index contributed by atoms with van der Waals surface area (Å²) in [4.78, 5) is 16.1. The number of nitrogens with zero attached hydrogens (tertiary/aromatic N) is 2.